The number of rotatable bonds is 5. The molecule has 0 aromatic heterocycles. The van der Waals surface area contributed by atoms with Crippen LogP contribution in [-0.2, 0) is 0 Å². The molecule has 0 aliphatic rings. The van der Waals surface area contributed by atoms with Crippen molar-refractivity contribution in [3.8, 4) is 0 Å². The van der Waals surface area contributed by atoms with Crippen LogP contribution in [0.15, 0.2) is 18.2 Å². The highest BCUT2D eigenvalue weighted by atomic mass is 16.1. The zero-order valence-corrected chi connectivity index (χ0v) is 11.9. The van der Waals surface area contributed by atoms with Crippen LogP contribution in [0.5, 0.6) is 0 Å². The van der Waals surface area contributed by atoms with Gasteiger partial charge < -0.3 is 15.1 Å². The van der Waals surface area contributed by atoms with E-state index in [0.29, 0.717) is 6.54 Å². The van der Waals surface area contributed by atoms with E-state index in [0.717, 1.165) is 23.4 Å². The van der Waals surface area contributed by atoms with Gasteiger partial charge in [-0.05, 0) is 44.8 Å². The summed E-state index contributed by atoms with van der Waals surface area (Å²) in [6.45, 7) is 3.53. The van der Waals surface area contributed by atoms with Crippen molar-refractivity contribution in [2.24, 2.45) is 0 Å². The molecule has 1 amide bonds. The fourth-order valence-electron chi connectivity index (χ4n) is 1.79. The lowest BCUT2D eigenvalue weighted by atomic mass is 10.1. The molecule has 0 unspecified atom stereocenters. The summed E-state index contributed by atoms with van der Waals surface area (Å²) in [4.78, 5) is 16.0. The molecule has 1 rings (SSSR count). The summed E-state index contributed by atoms with van der Waals surface area (Å²) in [6.07, 6.45) is 0. The predicted octanol–water partition coefficient (Wildman–Crippen LogP) is 1.35. The second-order valence-corrected chi connectivity index (χ2v) is 4.95. The van der Waals surface area contributed by atoms with E-state index in [1.54, 1.807) is 0 Å². The topological polar surface area (TPSA) is 35.6 Å². The SMILES string of the molecule is Cc1cc(C(=O)NCCN(C)C)ccc1N(C)C. The molecule has 1 aromatic carbocycles. The molecule has 1 N–H and O–H groups in total. The second-order valence-electron chi connectivity index (χ2n) is 4.95. The van der Waals surface area contributed by atoms with Crippen molar-refractivity contribution in [3.05, 3.63) is 29.3 Å². The number of likely N-dealkylation sites (N-methyl/N-ethyl adjacent to an activating group) is 1. The van der Waals surface area contributed by atoms with Crippen molar-refractivity contribution in [3.63, 3.8) is 0 Å². The van der Waals surface area contributed by atoms with Crippen LogP contribution in [0, 0.1) is 6.92 Å². The Labute approximate surface area is 110 Å². The molecule has 0 spiro atoms. The predicted molar refractivity (Wildman–Crippen MR) is 76.4 cm³/mol. The summed E-state index contributed by atoms with van der Waals surface area (Å²) in [6, 6.07) is 5.78. The van der Waals surface area contributed by atoms with E-state index in [-0.39, 0.29) is 5.91 Å². The quantitative estimate of drug-likeness (QED) is 0.855. The third-order valence-electron chi connectivity index (χ3n) is 2.79. The normalized spacial score (nSPS) is 10.6. The Kier molecular flexibility index (Phi) is 5.16. The smallest absolute Gasteiger partial charge is 0.251 e. The van der Waals surface area contributed by atoms with Crippen LogP contribution in [-0.4, -0.2) is 52.1 Å². The molecular formula is C14H23N3O. The highest BCUT2D eigenvalue weighted by Gasteiger charge is 2.08. The van der Waals surface area contributed by atoms with Crippen LogP contribution in [0.4, 0.5) is 5.69 Å². The monoisotopic (exact) mass is 249 g/mol. The Morgan fingerprint density at radius 3 is 2.39 bits per heavy atom. The zero-order chi connectivity index (χ0) is 13.7. The molecule has 0 bridgehead atoms. The first-order valence-electron chi connectivity index (χ1n) is 6.12. The summed E-state index contributed by atoms with van der Waals surface area (Å²) < 4.78 is 0. The number of carbonyl (C=O) groups excluding carboxylic acids is 1. The van der Waals surface area contributed by atoms with Crippen LogP contribution in [0.1, 0.15) is 15.9 Å². The molecule has 18 heavy (non-hydrogen) atoms. The molecule has 0 fully saturated rings. The lowest BCUT2D eigenvalue weighted by Gasteiger charge is -2.16. The first-order valence-corrected chi connectivity index (χ1v) is 6.12. The van der Waals surface area contributed by atoms with Gasteiger partial charge in [0.05, 0.1) is 0 Å². The Morgan fingerprint density at radius 2 is 1.89 bits per heavy atom. The fourth-order valence-corrected chi connectivity index (χ4v) is 1.79. The van der Waals surface area contributed by atoms with Gasteiger partial charge in [-0.3, -0.25) is 4.79 Å². The molecule has 0 heterocycles. The van der Waals surface area contributed by atoms with Gasteiger partial charge >= 0.3 is 0 Å². The van der Waals surface area contributed by atoms with Gasteiger partial charge in [0.15, 0.2) is 0 Å². The van der Waals surface area contributed by atoms with Crippen molar-refractivity contribution >= 4 is 11.6 Å². The van der Waals surface area contributed by atoms with E-state index in [1.807, 2.05) is 63.1 Å². The van der Waals surface area contributed by atoms with Crippen molar-refractivity contribution in [1.29, 1.82) is 0 Å². The van der Waals surface area contributed by atoms with Gasteiger partial charge in [-0.2, -0.15) is 0 Å². The average Bonchev–Trinajstić information content (AvgIpc) is 2.27. The van der Waals surface area contributed by atoms with Gasteiger partial charge in [0, 0.05) is 38.4 Å². The van der Waals surface area contributed by atoms with Crippen LogP contribution in [0.2, 0.25) is 0 Å². The zero-order valence-electron chi connectivity index (χ0n) is 11.9. The van der Waals surface area contributed by atoms with Gasteiger partial charge in [-0.25, -0.2) is 0 Å². The van der Waals surface area contributed by atoms with E-state index in [4.69, 9.17) is 0 Å². The maximum absolute atomic E-state index is 11.9. The van der Waals surface area contributed by atoms with Crippen LogP contribution >= 0.6 is 0 Å². The highest BCUT2D eigenvalue weighted by molar-refractivity contribution is 5.94. The first-order chi connectivity index (χ1) is 8.41. The summed E-state index contributed by atoms with van der Waals surface area (Å²) in [7, 11) is 7.97. The van der Waals surface area contributed by atoms with Crippen LogP contribution in [0.3, 0.4) is 0 Å². The summed E-state index contributed by atoms with van der Waals surface area (Å²) in [5, 5.41) is 2.91. The summed E-state index contributed by atoms with van der Waals surface area (Å²) in [5.41, 5.74) is 2.97. The summed E-state index contributed by atoms with van der Waals surface area (Å²) in [5.74, 6) is -0.00902. The maximum atomic E-state index is 11.9. The van der Waals surface area contributed by atoms with Gasteiger partial charge in [0.25, 0.3) is 5.91 Å². The van der Waals surface area contributed by atoms with E-state index >= 15 is 0 Å². The van der Waals surface area contributed by atoms with E-state index < -0.39 is 0 Å². The average molecular weight is 249 g/mol. The Hall–Kier alpha value is -1.55. The van der Waals surface area contributed by atoms with Crippen LogP contribution < -0.4 is 10.2 Å². The molecule has 0 radical (unpaired) electrons. The van der Waals surface area contributed by atoms with Crippen LogP contribution in [0.25, 0.3) is 0 Å². The number of hydrogen-bond donors (Lipinski definition) is 1. The van der Waals surface area contributed by atoms with E-state index in [9.17, 15) is 4.79 Å². The van der Waals surface area contributed by atoms with Gasteiger partial charge in [-0.1, -0.05) is 0 Å². The molecule has 4 nitrogen and oxygen atoms in total. The number of amides is 1. The minimum absolute atomic E-state index is 0.00902. The Balaban J connectivity index is 2.67. The molecule has 0 saturated heterocycles. The Morgan fingerprint density at radius 1 is 1.22 bits per heavy atom. The van der Waals surface area contributed by atoms with Crippen molar-refractivity contribution in [2.75, 3.05) is 46.2 Å². The minimum atomic E-state index is -0.00902. The van der Waals surface area contributed by atoms with E-state index in [2.05, 4.69) is 5.32 Å². The van der Waals surface area contributed by atoms with E-state index in [1.165, 1.54) is 0 Å². The van der Waals surface area contributed by atoms with Crippen molar-refractivity contribution in [1.82, 2.24) is 10.2 Å². The third-order valence-corrected chi connectivity index (χ3v) is 2.79. The number of nitrogens with one attached hydrogen (secondary N) is 1. The molecule has 0 atom stereocenters. The fraction of sp³-hybridized carbons (Fsp3) is 0.500. The molecule has 0 aliphatic carbocycles. The maximum Gasteiger partial charge on any atom is 0.251 e. The lowest BCUT2D eigenvalue weighted by molar-refractivity contribution is 0.0951. The summed E-state index contributed by atoms with van der Waals surface area (Å²) >= 11 is 0. The standard InChI is InChI=1S/C14H23N3O/c1-11-10-12(6-7-13(11)17(4)5)14(18)15-8-9-16(2)3/h6-7,10H,8-9H2,1-5H3,(H,15,18). The number of hydrogen-bond acceptors (Lipinski definition) is 3. The third kappa shape index (κ3) is 4.04. The number of aryl methyl sites for hydroxylation is 1. The number of benzene rings is 1. The Bertz CT molecular complexity index is 414. The lowest BCUT2D eigenvalue weighted by Crippen LogP contribution is -2.31. The van der Waals surface area contributed by atoms with Crippen molar-refractivity contribution in [2.45, 2.75) is 6.92 Å². The molecule has 100 valence electrons. The molecule has 1 aromatic rings. The van der Waals surface area contributed by atoms with Gasteiger partial charge in [0.1, 0.15) is 0 Å². The van der Waals surface area contributed by atoms with Gasteiger partial charge in [-0.15, -0.1) is 0 Å². The van der Waals surface area contributed by atoms with Gasteiger partial charge in [0.2, 0.25) is 0 Å². The molecule has 0 saturated carbocycles. The second kappa shape index (κ2) is 6.40. The number of anilines is 1. The number of carbonyl (C=O) groups is 1. The first kappa shape index (κ1) is 14.5. The minimum Gasteiger partial charge on any atom is -0.377 e. The highest BCUT2D eigenvalue weighted by Crippen LogP contribution is 2.18. The number of nitrogens with zero attached hydrogens (tertiary/aromatic N) is 2. The van der Waals surface area contributed by atoms with Crippen molar-refractivity contribution < 1.29 is 4.79 Å². The molecule has 0 aliphatic heterocycles. The largest absolute Gasteiger partial charge is 0.377 e. The molecule has 4 heteroatoms. The molecular weight excluding hydrogens is 226 g/mol.